The molecule has 0 radical (unpaired) electrons. The summed E-state index contributed by atoms with van der Waals surface area (Å²) in [5.41, 5.74) is 2.86. The zero-order valence-electron chi connectivity index (χ0n) is 10.5. The molecule has 98 valence electrons. The molecular weight excluding hydrogens is 240 g/mol. The lowest BCUT2D eigenvalue weighted by Crippen LogP contribution is -2.43. The van der Waals surface area contributed by atoms with Crippen molar-refractivity contribution in [2.75, 3.05) is 18.4 Å². The maximum absolute atomic E-state index is 11.8. The second-order valence-electron chi connectivity index (χ2n) is 4.82. The number of hydrogen-bond acceptors (Lipinski definition) is 3. The first-order valence-corrected chi connectivity index (χ1v) is 6.40. The van der Waals surface area contributed by atoms with E-state index in [9.17, 15) is 4.79 Å². The fraction of sp³-hybridized carbons (Fsp3) is 0.286. The summed E-state index contributed by atoms with van der Waals surface area (Å²) in [6, 6.07) is 7.75. The highest BCUT2D eigenvalue weighted by Crippen LogP contribution is 2.19. The number of benzene rings is 1. The van der Waals surface area contributed by atoms with Gasteiger partial charge in [0.2, 0.25) is 5.91 Å². The molecule has 19 heavy (non-hydrogen) atoms. The molecule has 0 bridgehead atoms. The highest BCUT2D eigenvalue weighted by Gasteiger charge is 2.19. The molecule has 0 saturated carbocycles. The average molecular weight is 256 g/mol. The number of aromatic nitrogens is 2. The number of anilines is 1. The lowest BCUT2D eigenvalue weighted by molar-refractivity contribution is -0.117. The number of amides is 1. The van der Waals surface area contributed by atoms with Crippen molar-refractivity contribution in [2.24, 2.45) is 5.92 Å². The molecule has 1 aliphatic heterocycles. The van der Waals surface area contributed by atoms with Gasteiger partial charge in [0, 0.05) is 12.1 Å². The van der Waals surface area contributed by atoms with Gasteiger partial charge < -0.3 is 15.6 Å². The quantitative estimate of drug-likeness (QED) is 0.778. The van der Waals surface area contributed by atoms with E-state index in [1.165, 1.54) is 0 Å². The largest absolute Gasteiger partial charge is 0.345 e. The van der Waals surface area contributed by atoms with Crippen LogP contribution in [-0.2, 0) is 4.79 Å². The van der Waals surface area contributed by atoms with Crippen molar-refractivity contribution in [3.8, 4) is 11.3 Å². The molecular formula is C14H16N4O. The summed E-state index contributed by atoms with van der Waals surface area (Å²) in [7, 11) is 0. The van der Waals surface area contributed by atoms with E-state index in [0.717, 1.165) is 30.0 Å². The fourth-order valence-electron chi connectivity index (χ4n) is 2.11. The molecule has 0 atom stereocenters. The van der Waals surface area contributed by atoms with E-state index in [-0.39, 0.29) is 5.91 Å². The normalized spacial score (nSPS) is 14.9. The number of hydrogen-bond donors (Lipinski definition) is 3. The average Bonchev–Trinajstić information content (AvgIpc) is 2.89. The van der Waals surface area contributed by atoms with E-state index in [0.29, 0.717) is 12.3 Å². The number of carbonyl (C=O) groups excluding carboxylic acids is 1. The van der Waals surface area contributed by atoms with Crippen molar-refractivity contribution < 1.29 is 4.79 Å². The number of nitrogens with zero attached hydrogens (tertiary/aromatic N) is 1. The van der Waals surface area contributed by atoms with Crippen LogP contribution in [0.1, 0.15) is 6.42 Å². The van der Waals surface area contributed by atoms with Gasteiger partial charge in [-0.05, 0) is 36.7 Å². The Kier molecular flexibility index (Phi) is 3.29. The molecule has 1 aromatic carbocycles. The molecule has 2 heterocycles. The van der Waals surface area contributed by atoms with Gasteiger partial charge in [-0.1, -0.05) is 12.1 Å². The SMILES string of the molecule is O=C(CC1CNC1)Nc1ccc(-c2cnc[nH]2)cc1. The Morgan fingerprint density at radius 1 is 1.32 bits per heavy atom. The molecule has 1 amide bonds. The Morgan fingerprint density at radius 3 is 2.68 bits per heavy atom. The molecule has 0 spiro atoms. The first-order chi connectivity index (χ1) is 9.31. The van der Waals surface area contributed by atoms with Crippen LogP contribution in [0.4, 0.5) is 5.69 Å². The maximum Gasteiger partial charge on any atom is 0.224 e. The van der Waals surface area contributed by atoms with Gasteiger partial charge in [-0.25, -0.2) is 4.98 Å². The van der Waals surface area contributed by atoms with Gasteiger partial charge in [0.05, 0.1) is 18.2 Å². The first kappa shape index (κ1) is 11.9. The van der Waals surface area contributed by atoms with Crippen molar-refractivity contribution >= 4 is 11.6 Å². The highest BCUT2D eigenvalue weighted by molar-refractivity contribution is 5.91. The van der Waals surface area contributed by atoms with Crippen LogP contribution in [0, 0.1) is 5.92 Å². The molecule has 3 rings (SSSR count). The van der Waals surface area contributed by atoms with Crippen LogP contribution < -0.4 is 10.6 Å². The Balaban J connectivity index is 1.61. The molecule has 2 aromatic rings. The summed E-state index contributed by atoms with van der Waals surface area (Å²) in [5, 5.41) is 6.09. The van der Waals surface area contributed by atoms with Crippen LogP contribution in [0.5, 0.6) is 0 Å². The first-order valence-electron chi connectivity index (χ1n) is 6.40. The number of imidazole rings is 1. The predicted octanol–water partition coefficient (Wildman–Crippen LogP) is 1.62. The van der Waals surface area contributed by atoms with Crippen LogP contribution in [0.15, 0.2) is 36.8 Å². The zero-order chi connectivity index (χ0) is 13.1. The van der Waals surface area contributed by atoms with Crippen LogP contribution in [0.3, 0.4) is 0 Å². The van der Waals surface area contributed by atoms with Gasteiger partial charge in [-0.3, -0.25) is 4.79 Å². The fourth-order valence-corrected chi connectivity index (χ4v) is 2.11. The van der Waals surface area contributed by atoms with Crippen molar-refractivity contribution in [3.05, 3.63) is 36.8 Å². The molecule has 1 saturated heterocycles. The van der Waals surface area contributed by atoms with E-state index < -0.39 is 0 Å². The zero-order valence-corrected chi connectivity index (χ0v) is 10.5. The van der Waals surface area contributed by atoms with E-state index >= 15 is 0 Å². The summed E-state index contributed by atoms with van der Waals surface area (Å²) in [4.78, 5) is 18.8. The molecule has 3 N–H and O–H groups in total. The van der Waals surface area contributed by atoms with E-state index in [1.807, 2.05) is 24.3 Å². The maximum atomic E-state index is 11.8. The molecule has 1 fully saturated rings. The van der Waals surface area contributed by atoms with Crippen molar-refractivity contribution in [2.45, 2.75) is 6.42 Å². The molecule has 0 unspecified atom stereocenters. The Hall–Kier alpha value is -2.14. The van der Waals surface area contributed by atoms with Gasteiger partial charge in [-0.2, -0.15) is 0 Å². The van der Waals surface area contributed by atoms with Gasteiger partial charge >= 0.3 is 0 Å². The number of H-pyrrole nitrogens is 1. The van der Waals surface area contributed by atoms with E-state index in [1.54, 1.807) is 12.5 Å². The highest BCUT2D eigenvalue weighted by atomic mass is 16.1. The molecule has 1 aliphatic rings. The number of carbonyl (C=O) groups is 1. The minimum atomic E-state index is 0.0841. The molecule has 0 aliphatic carbocycles. The Morgan fingerprint density at radius 2 is 2.11 bits per heavy atom. The van der Waals surface area contributed by atoms with Crippen LogP contribution in [0.25, 0.3) is 11.3 Å². The second-order valence-corrected chi connectivity index (χ2v) is 4.82. The molecule has 5 nitrogen and oxygen atoms in total. The minimum Gasteiger partial charge on any atom is -0.345 e. The Labute approximate surface area is 111 Å². The van der Waals surface area contributed by atoms with Crippen LogP contribution in [0.2, 0.25) is 0 Å². The molecule has 5 heteroatoms. The van der Waals surface area contributed by atoms with Gasteiger partial charge in [0.15, 0.2) is 0 Å². The monoisotopic (exact) mass is 256 g/mol. The van der Waals surface area contributed by atoms with Gasteiger partial charge in [0.1, 0.15) is 0 Å². The number of aromatic amines is 1. The van der Waals surface area contributed by atoms with E-state index in [2.05, 4.69) is 20.6 Å². The topological polar surface area (TPSA) is 69.8 Å². The third-order valence-corrected chi connectivity index (χ3v) is 3.32. The summed E-state index contributed by atoms with van der Waals surface area (Å²) in [6.45, 7) is 1.90. The smallest absolute Gasteiger partial charge is 0.224 e. The summed E-state index contributed by atoms with van der Waals surface area (Å²) in [6.07, 6.45) is 4.02. The standard InChI is InChI=1S/C14H16N4O/c19-14(5-10-6-15-7-10)18-12-3-1-11(2-4-12)13-8-16-9-17-13/h1-4,8-10,15H,5-7H2,(H,16,17)(H,18,19). The van der Waals surface area contributed by atoms with Crippen molar-refractivity contribution in [1.82, 2.24) is 15.3 Å². The van der Waals surface area contributed by atoms with Crippen molar-refractivity contribution in [1.29, 1.82) is 0 Å². The lowest BCUT2D eigenvalue weighted by Gasteiger charge is -2.26. The minimum absolute atomic E-state index is 0.0841. The van der Waals surface area contributed by atoms with Crippen molar-refractivity contribution in [3.63, 3.8) is 0 Å². The lowest BCUT2D eigenvalue weighted by atomic mass is 9.99. The number of rotatable bonds is 4. The van der Waals surface area contributed by atoms with E-state index in [4.69, 9.17) is 0 Å². The number of nitrogens with one attached hydrogen (secondary N) is 3. The van der Waals surface area contributed by atoms with Crippen LogP contribution in [-0.4, -0.2) is 29.0 Å². The second kappa shape index (κ2) is 5.24. The van der Waals surface area contributed by atoms with Crippen LogP contribution >= 0.6 is 0 Å². The van der Waals surface area contributed by atoms with Gasteiger partial charge in [0.25, 0.3) is 0 Å². The predicted molar refractivity (Wildman–Crippen MR) is 73.6 cm³/mol. The summed E-state index contributed by atoms with van der Waals surface area (Å²) in [5.74, 6) is 0.574. The Bertz CT molecular complexity index is 543. The molecule has 1 aromatic heterocycles. The summed E-state index contributed by atoms with van der Waals surface area (Å²) < 4.78 is 0. The third-order valence-electron chi connectivity index (χ3n) is 3.32. The summed E-state index contributed by atoms with van der Waals surface area (Å²) >= 11 is 0. The van der Waals surface area contributed by atoms with Gasteiger partial charge in [-0.15, -0.1) is 0 Å². The third kappa shape index (κ3) is 2.82.